The van der Waals surface area contributed by atoms with Crippen molar-refractivity contribution in [2.24, 2.45) is 0 Å². The number of thiophene rings is 1. The molecule has 0 bridgehead atoms. The number of hydrogen-bond acceptors (Lipinski definition) is 6. The zero-order chi connectivity index (χ0) is 14.3. The van der Waals surface area contributed by atoms with Crippen LogP contribution in [-0.4, -0.2) is 34.9 Å². The fraction of sp³-hybridized carbons (Fsp3) is 0.333. The van der Waals surface area contributed by atoms with E-state index in [4.69, 9.17) is 21.7 Å². The summed E-state index contributed by atoms with van der Waals surface area (Å²) in [6.45, 7) is 3.56. The van der Waals surface area contributed by atoms with Crippen molar-refractivity contribution in [1.82, 2.24) is 4.90 Å². The lowest BCUT2D eigenvalue weighted by Gasteiger charge is -2.15. The average Bonchev–Trinajstić information content (AvgIpc) is 2.89. The van der Waals surface area contributed by atoms with Crippen LogP contribution < -0.4 is 9.47 Å². The molecule has 0 radical (unpaired) electrons. The number of carbonyl (C=O) groups is 1. The van der Waals surface area contributed by atoms with Crippen LogP contribution in [0.5, 0.6) is 11.5 Å². The summed E-state index contributed by atoms with van der Waals surface area (Å²) in [5.74, 6) is 1.38. The van der Waals surface area contributed by atoms with Gasteiger partial charge in [0.05, 0.1) is 9.78 Å². The number of rotatable bonds is 2. The predicted octanol–water partition coefficient (Wildman–Crippen LogP) is 3.50. The molecule has 0 N–H and O–H groups in total. The molecule has 4 nitrogen and oxygen atoms in total. The highest BCUT2D eigenvalue weighted by Gasteiger charge is 2.32. The smallest absolute Gasteiger partial charge is 0.266 e. The van der Waals surface area contributed by atoms with Crippen LogP contribution in [0.25, 0.3) is 6.08 Å². The zero-order valence-corrected chi connectivity index (χ0v) is 14.5. The van der Waals surface area contributed by atoms with E-state index in [1.807, 2.05) is 13.0 Å². The molecular formula is C12H10BrNO3S3. The Labute approximate surface area is 138 Å². The van der Waals surface area contributed by atoms with E-state index in [0.29, 0.717) is 34.7 Å². The lowest BCUT2D eigenvalue weighted by Crippen LogP contribution is -2.27. The summed E-state index contributed by atoms with van der Waals surface area (Å²) in [6, 6.07) is 0. The van der Waals surface area contributed by atoms with Gasteiger partial charge in [-0.2, -0.15) is 0 Å². The molecule has 3 heterocycles. The molecule has 1 aromatic heterocycles. The van der Waals surface area contributed by atoms with Gasteiger partial charge in [0.1, 0.15) is 21.3 Å². The van der Waals surface area contributed by atoms with Gasteiger partial charge in [-0.1, -0.05) is 24.0 Å². The Balaban J connectivity index is 1.97. The highest BCUT2D eigenvalue weighted by molar-refractivity contribution is 9.11. The summed E-state index contributed by atoms with van der Waals surface area (Å²) < 4.78 is 12.7. The molecule has 20 heavy (non-hydrogen) atoms. The highest BCUT2D eigenvalue weighted by atomic mass is 79.9. The number of thiocarbonyl (C=S) groups is 1. The van der Waals surface area contributed by atoms with E-state index >= 15 is 0 Å². The Kier molecular flexibility index (Phi) is 4.07. The second-order valence-electron chi connectivity index (χ2n) is 4.02. The fourth-order valence-electron chi connectivity index (χ4n) is 1.92. The molecule has 0 spiro atoms. The number of amides is 1. The molecule has 2 aliphatic heterocycles. The largest absolute Gasteiger partial charge is 0.485 e. The fourth-order valence-corrected chi connectivity index (χ4v) is 5.04. The quantitative estimate of drug-likeness (QED) is 0.569. The van der Waals surface area contributed by atoms with E-state index in [2.05, 4.69) is 15.9 Å². The Hall–Kier alpha value is -0.570. The molecule has 1 saturated heterocycles. The lowest BCUT2D eigenvalue weighted by molar-refractivity contribution is -0.121. The van der Waals surface area contributed by atoms with Crippen molar-refractivity contribution in [2.75, 3.05) is 19.8 Å². The third-order valence-corrected chi connectivity index (χ3v) is 5.95. The molecule has 8 heteroatoms. The second kappa shape index (κ2) is 5.67. The van der Waals surface area contributed by atoms with Crippen LogP contribution in [0.3, 0.4) is 0 Å². The van der Waals surface area contributed by atoms with Gasteiger partial charge >= 0.3 is 0 Å². The molecular weight excluding hydrogens is 382 g/mol. The van der Waals surface area contributed by atoms with Gasteiger partial charge in [-0.15, -0.1) is 11.3 Å². The normalized spacial score (nSPS) is 20.1. The Bertz CT molecular complexity index is 626. The maximum absolute atomic E-state index is 12.2. The van der Waals surface area contributed by atoms with E-state index in [1.54, 1.807) is 4.90 Å². The van der Waals surface area contributed by atoms with E-state index in [0.717, 1.165) is 14.4 Å². The van der Waals surface area contributed by atoms with Crippen LogP contribution in [0, 0.1) is 0 Å². The number of fused-ring (bicyclic) bond motifs is 1. The molecule has 0 unspecified atom stereocenters. The van der Waals surface area contributed by atoms with Gasteiger partial charge in [0, 0.05) is 6.54 Å². The molecule has 2 aliphatic rings. The van der Waals surface area contributed by atoms with E-state index in [9.17, 15) is 4.79 Å². The van der Waals surface area contributed by atoms with Crippen LogP contribution >= 0.6 is 51.2 Å². The first kappa shape index (κ1) is 14.4. The van der Waals surface area contributed by atoms with E-state index < -0.39 is 0 Å². The Morgan fingerprint density at radius 3 is 2.75 bits per heavy atom. The maximum atomic E-state index is 12.2. The van der Waals surface area contributed by atoms with Gasteiger partial charge < -0.3 is 9.47 Å². The van der Waals surface area contributed by atoms with Gasteiger partial charge in [-0.25, -0.2) is 0 Å². The molecule has 1 amide bonds. The zero-order valence-electron chi connectivity index (χ0n) is 10.5. The number of halogens is 1. The molecule has 0 aromatic carbocycles. The van der Waals surface area contributed by atoms with Crippen molar-refractivity contribution in [1.29, 1.82) is 0 Å². The second-order valence-corrected chi connectivity index (χ2v) is 8.07. The lowest BCUT2D eigenvalue weighted by atomic mass is 10.3. The number of ether oxygens (including phenoxy) is 2. The first-order valence-corrected chi connectivity index (χ1v) is 8.78. The van der Waals surface area contributed by atoms with E-state index in [-0.39, 0.29) is 5.91 Å². The van der Waals surface area contributed by atoms with Gasteiger partial charge in [0.2, 0.25) is 0 Å². The highest BCUT2D eigenvalue weighted by Crippen LogP contribution is 2.49. The number of nitrogens with zero attached hydrogens (tertiary/aromatic N) is 1. The van der Waals surface area contributed by atoms with Crippen LogP contribution in [0.1, 0.15) is 11.8 Å². The third-order valence-electron chi connectivity index (χ3n) is 2.84. The third kappa shape index (κ3) is 2.38. The van der Waals surface area contributed by atoms with Crippen molar-refractivity contribution in [3.8, 4) is 11.5 Å². The van der Waals surface area contributed by atoms with Crippen LogP contribution in [0.2, 0.25) is 0 Å². The maximum Gasteiger partial charge on any atom is 0.266 e. The van der Waals surface area contributed by atoms with Gasteiger partial charge in [-0.05, 0) is 28.9 Å². The number of hydrogen-bond donors (Lipinski definition) is 0. The minimum atomic E-state index is -0.0440. The minimum Gasteiger partial charge on any atom is -0.485 e. The summed E-state index contributed by atoms with van der Waals surface area (Å²) >= 11 is 11.5. The van der Waals surface area contributed by atoms with Gasteiger partial charge in [0.15, 0.2) is 11.5 Å². The van der Waals surface area contributed by atoms with Crippen LogP contribution in [0.15, 0.2) is 8.69 Å². The predicted molar refractivity (Wildman–Crippen MR) is 88.6 cm³/mol. The molecule has 0 saturated carbocycles. The summed E-state index contributed by atoms with van der Waals surface area (Å²) in [4.78, 5) is 15.3. The summed E-state index contributed by atoms with van der Waals surface area (Å²) in [7, 11) is 0. The van der Waals surface area contributed by atoms with Crippen molar-refractivity contribution in [3.05, 3.63) is 13.6 Å². The van der Waals surface area contributed by atoms with E-state index in [1.165, 1.54) is 23.1 Å². The minimum absolute atomic E-state index is 0.0440. The van der Waals surface area contributed by atoms with Gasteiger partial charge in [-0.3, -0.25) is 9.69 Å². The average molecular weight is 392 g/mol. The SMILES string of the molecule is CCN1C(=O)/C(=C/c2sc(Br)c3c2OCCO3)SC1=S. The monoisotopic (exact) mass is 391 g/mol. The van der Waals surface area contributed by atoms with Crippen LogP contribution in [0.4, 0.5) is 0 Å². The summed E-state index contributed by atoms with van der Waals surface area (Å²) in [6.07, 6.45) is 1.83. The van der Waals surface area contributed by atoms with Crippen molar-refractivity contribution in [2.45, 2.75) is 6.92 Å². The Morgan fingerprint density at radius 2 is 2.10 bits per heavy atom. The molecule has 1 fully saturated rings. The summed E-state index contributed by atoms with van der Waals surface area (Å²) in [5, 5.41) is 0. The molecule has 0 atom stereocenters. The van der Waals surface area contributed by atoms with Crippen molar-refractivity contribution >= 4 is 67.6 Å². The first-order valence-electron chi connectivity index (χ1n) is 5.95. The van der Waals surface area contributed by atoms with Crippen molar-refractivity contribution in [3.63, 3.8) is 0 Å². The van der Waals surface area contributed by atoms with Crippen LogP contribution in [-0.2, 0) is 4.79 Å². The topological polar surface area (TPSA) is 38.8 Å². The molecule has 1 aromatic rings. The number of carbonyl (C=O) groups excluding carboxylic acids is 1. The standard InChI is InChI=1S/C12H10BrNO3S3/c1-2-14-11(15)7(20-12(14)18)5-6-8-9(10(13)19-6)17-4-3-16-8/h5H,2-4H2,1H3/b7-5-. The molecule has 106 valence electrons. The molecule has 0 aliphatic carbocycles. The number of thioether (sulfide) groups is 1. The van der Waals surface area contributed by atoms with Crippen molar-refractivity contribution < 1.29 is 14.3 Å². The first-order chi connectivity index (χ1) is 9.61. The van der Waals surface area contributed by atoms with Gasteiger partial charge in [0.25, 0.3) is 5.91 Å². The number of likely N-dealkylation sites (N-methyl/N-ethyl adjacent to an activating group) is 1. The Morgan fingerprint density at radius 1 is 1.40 bits per heavy atom. The summed E-state index contributed by atoms with van der Waals surface area (Å²) in [5.41, 5.74) is 0. The molecule has 3 rings (SSSR count).